The van der Waals surface area contributed by atoms with Gasteiger partial charge in [0.25, 0.3) is 0 Å². The van der Waals surface area contributed by atoms with Crippen LogP contribution in [0.2, 0.25) is 0 Å². The summed E-state index contributed by atoms with van der Waals surface area (Å²) in [6.45, 7) is 3.68. The molecule has 0 radical (unpaired) electrons. The summed E-state index contributed by atoms with van der Waals surface area (Å²) in [6, 6.07) is 2.13. The molecule has 1 N–H and O–H groups in total. The first-order chi connectivity index (χ1) is 10.8. The SMILES string of the molecule is Cc1ccsc1CNc1ncnc2c1ncn2C1CCCO1. The minimum Gasteiger partial charge on any atom is -0.363 e. The Balaban J connectivity index is 1.62. The monoisotopic (exact) mass is 315 g/mol. The molecule has 4 heterocycles. The second-order valence-corrected chi connectivity index (χ2v) is 6.40. The number of fused-ring (bicyclic) bond motifs is 1. The Morgan fingerprint density at radius 1 is 1.41 bits per heavy atom. The maximum Gasteiger partial charge on any atom is 0.167 e. The average Bonchev–Trinajstić information content (AvgIpc) is 3.25. The summed E-state index contributed by atoms with van der Waals surface area (Å²) in [4.78, 5) is 14.5. The van der Waals surface area contributed by atoms with Crippen LogP contribution in [0.25, 0.3) is 11.2 Å². The highest BCUT2D eigenvalue weighted by molar-refractivity contribution is 7.10. The molecule has 114 valence electrons. The van der Waals surface area contributed by atoms with E-state index in [1.165, 1.54) is 10.4 Å². The number of aromatic nitrogens is 4. The van der Waals surface area contributed by atoms with E-state index in [0.29, 0.717) is 0 Å². The van der Waals surface area contributed by atoms with Gasteiger partial charge in [-0.3, -0.25) is 4.57 Å². The third-order valence-electron chi connectivity index (χ3n) is 3.96. The first-order valence-corrected chi connectivity index (χ1v) is 8.27. The van der Waals surface area contributed by atoms with E-state index < -0.39 is 0 Å². The largest absolute Gasteiger partial charge is 0.363 e. The smallest absolute Gasteiger partial charge is 0.167 e. The summed E-state index contributed by atoms with van der Waals surface area (Å²) in [5.74, 6) is 0.773. The lowest BCUT2D eigenvalue weighted by Crippen LogP contribution is -2.07. The number of ether oxygens (including phenoxy) is 1. The van der Waals surface area contributed by atoms with E-state index in [4.69, 9.17) is 4.74 Å². The van der Waals surface area contributed by atoms with Gasteiger partial charge in [0.05, 0.1) is 12.9 Å². The molecule has 1 aliphatic rings. The lowest BCUT2D eigenvalue weighted by atomic mass is 10.3. The van der Waals surface area contributed by atoms with Crippen molar-refractivity contribution in [3.63, 3.8) is 0 Å². The number of nitrogens with one attached hydrogen (secondary N) is 1. The van der Waals surface area contributed by atoms with Crippen LogP contribution >= 0.6 is 11.3 Å². The number of nitrogens with zero attached hydrogens (tertiary/aromatic N) is 4. The molecule has 1 saturated heterocycles. The van der Waals surface area contributed by atoms with Gasteiger partial charge in [-0.15, -0.1) is 11.3 Å². The van der Waals surface area contributed by atoms with Crippen LogP contribution < -0.4 is 5.32 Å². The van der Waals surface area contributed by atoms with E-state index in [1.54, 1.807) is 24.0 Å². The first kappa shape index (κ1) is 13.7. The number of rotatable bonds is 4. The van der Waals surface area contributed by atoms with Crippen LogP contribution in [0, 0.1) is 6.92 Å². The van der Waals surface area contributed by atoms with Gasteiger partial charge in [-0.05, 0) is 36.8 Å². The van der Waals surface area contributed by atoms with E-state index in [9.17, 15) is 0 Å². The molecule has 1 unspecified atom stereocenters. The quantitative estimate of drug-likeness (QED) is 0.801. The fourth-order valence-electron chi connectivity index (χ4n) is 2.72. The lowest BCUT2D eigenvalue weighted by molar-refractivity contribution is 0.0593. The highest BCUT2D eigenvalue weighted by Crippen LogP contribution is 2.28. The number of hydrogen-bond donors (Lipinski definition) is 1. The summed E-state index contributed by atoms with van der Waals surface area (Å²) >= 11 is 1.75. The summed E-state index contributed by atoms with van der Waals surface area (Å²) in [5.41, 5.74) is 2.92. The van der Waals surface area contributed by atoms with Crippen LogP contribution in [0.15, 0.2) is 24.1 Å². The van der Waals surface area contributed by atoms with Crippen molar-refractivity contribution in [3.8, 4) is 0 Å². The summed E-state index contributed by atoms with van der Waals surface area (Å²) in [6.07, 6.45) is 5.52. The van der Waals surface area contributed by atoms with Crippen molar-refractivity contribution < 1.29 is 4.74 Å². The van der Waals surface area contributed by atoms with E-state index >= 15 is 0 Å². The number of anilines is 1. The lowest BCUT2D eigenvalue weighted by Gasteiger charge is -2.11. The van der Waals surface area contributed by atoms with Gasteiger partial charge < -0.3 is 10.1 Å². The molecule has 4 rings (SSSR count). The zero-order valence-electron chi connectivity index (χ0n) is 12.3. The Bertz CT molecular complexity index is 790. The Morgan fingerprint density at radius 2 is 2.36 bits per heavy atom. The third-order valence-corrected chi connectivity index (χ3v) is 4.98. The second-order valence-electron chi connectivity index (χ2n) is 5.39. The van der Waals surface area contributed by atoms with Crippen LogP contribution in [0.5, 0.6) is 0 Å². The van der Waals surface area contributed by atoms with Gasteiger partial charge in [-0.25, -0.2) is 15.0 Å². The molecule has 3 aromatic rings. The van der Waals surface area contributed by atoms with Crippen molar-refractivity contribution in [2.24, 2.45) is 0 Å². The normalized spacial score (nSPS) is 18.1. The van der Waals surface area contributed by atoms with Crippen molar-refractivity contribution in [1.29, 1.82) is 0 Å². The van der Waals surface area contributed by atoms with Crippen LogP contribution in [-0.4, -0.2) is 26.1 Å². The van der Waals surface area contributed by atoms with Crippen LogP contribution in [0.1, 0.15) is 29.5 Å². The molecule has 0 aliphatic carbocycles. The maximum atomic E-state index is 5.72. The van der Waals surface area contributed by atoms with E-state index in [2.05, 4.69) is 38.6 Å². The second kappa shape index (κ2) is 5.66. The van der Waals surface area contributed by atoms with Crippen molar-refractivity contribution in [1.82, 2.24) is 19.5 Å². The van der Waals surface area contributed by atoms with Crippen LogP contribution in [0.4, 0.5) is 5.82 Å². The van der Waals surface area contributed by atoms with Gasteiger partial charge >= 0.3 is 0 Å². The zero-order valence-corrected chi connectivity index (χ0v) is 13.1. The number of aryl methyl sites for hydroxylation is 1. The Labute approximate surface area is 132 Å². The van der Waals surface area contributed by atoms with Gasteiger partial charge in [0.2, 0.25) is 0 Å². The minimum atomic E-state index is 0.0484. The average molecular weight is 315 g/mol. The molecule has 6 nitrogen and oxygen atoms in total. The van der Waals surface area contributed by atoms with E-state index in [0.717, 1.165) is 43.0 Å². The fraction of sp³-hybridized carbons (Fsp3) is 0.400. The van der Waals surface area contributed by atoms with Crippen molar-refractivity contribution in [3.05, 3.63) is 34.5 Å². The molecular weight excluding hydrogens is 298 g/mol. The highest BCUT2D eigenvalue weighted by Gasteiger charge is 2.21. The van der Waals surface area contributed by atoms with Crippen molar-refractivity contribution in [2.45, 2.75) is 32.5 Å². The molecule has 0 saturated carbocycles. The molecule has 1 fully saturated rings. The molecule has 1 aliphatic heterocycles. The summed E-state index contributed by atoms with van der Waals surface area (Å²) in [5, 5.41) is 5.48. The molecule has 1 atom stereocenters. The van der Waals surface area contributed by atoms with Crippen molar-refractivity contribution in [2.75, 3.05) is 11.9 Å². The molecule has 7 heteroatoms. The third kappa shape index (κ3) is 2.36. The van der Waals surface area contributed by atoms with E-state index in [-0.39, 0.29) is 6.23 Å². The van der Waals surface area contributed by atoms with Gasteiger partial charge in [-0.2, -0.15) is 0 Å². The number of thiophene rings is 1. The molecule has 22 heavy (non-hydrogen) atoms. The molecule has 0 aromatic carbocycles. The molecule has 0 amide bonds. The topological polar surface area (TPSA) is 64.9 Å². The Kier molecular flexibility index (Phi) is 3.51. The van der Waals surface area contributed by atoms with Gasteiger partial charge in [0.15, 0.2) is 17.0 Å². The first-order valence-electron chi connectivity index (χ1n) is 7.39. The maximum absolute atomic E-state index is 5.72. The predicted molar refractivity (Wildman–Crippen MR) is 85.9 cm³/mol. The number of hydrogen-bond acceptors (Lipinski definition) is 6. The van der Waals surface area contributed by atoms with Gasteiger partial charge in [0, 0.05) is 11.5 Å². The molecule has 0 spiro atoms. The highest BCUT2D eigenvalue weighted by atomic mass is 32.1. The van der Waals surface area contributed by atoms with Crippen LogP contribution in [0.3, 0.4) is 0 Å². The van der Waals surface area contributed by atoms with Crippen molar-refractivity contribution >= 4 is 28.3 Å². The fourth-order valence-corrected chi connectivity index (χ4v) is 3.57. The minimum absolute atomic E-state index is 0.0484. The van der Waals surface area contributed by atoms with E-state index in [1.807, 2.05) is 4.57 Å². The summed E-state index contributed by atoms with van der Waals surface area (Å²) in [7, 11) is 0. The number of imidazole rings is 1. The Morgan fingerprint density at radius 3 is 3.14 bits per heavy atom. The summed E-state index contributed by atoms with van der Waals surface area (Å²) < 4.78 is 7.73. The van der Waals surface area contributed by atoms with Gasteiger partial charge in [-0.1, -0.05) is 0 Å². The molecular formula is C15H17N5OS. The standard InChI is InChI=1S/C15H17N5OS/c1-10-4-6-22-11(10)7-16-14-13-15(18-8-17-14)20(9-19-13)12-3-2-5-21-12/h4,6,8-9,12H,2-3,5,7H2,1H3,(H,16,17,18). The predicted octanol–water partition coefficient (Wildman–Crippen LogP) is 3.12. The Hall–Kier alpha value is -1.99. The molecule has 3 aromatic heterocycles. The zero-order chi connectivity index (χ0) is 14.9. The van der Waals surface area contributed by atoms with Gasteiger partial charge in [0.1, 0.15) is 12.6 Å². The van der Waals surface area contributed by atoms with Crippen LogP contribution in [-0.2, 0) is 11.3 Å². The molecule has 0 bridgehead atoms.